The summed E-state index contributed by atoms with van der Waals surface area (Å²) in [5.74, 6) is 1.09. The fourth-order valence-electron chi connectivity index (χ4n) is 4.67. The zero-order chi connectivity index (χ0) is 20.8. The van der Waals surface area contributed by atoms with Gasteiger partial charge < -0.3 is 20.0 Å². The molecule has 0 radical (unpaired) electrons. The van der Waals surface area contributed by atoms with Crippen molar-refractivity contribution in [3.8, 4) is 0 Å². The van der Waals surface area contributed by atoms with E-state index in [0.717, 1.165) is 56.7 Å². The minimum absolute atomic E-state index is 0.0508. The van der Waals surface area contributed by atoms with Gasteiger partial charge in [-0.2, -0.15) is 0 Å². The van der Waals surface area contributed by atoms with Crippen LogP contribution < -0.4 is 20.0 Å². The fraction of sp³-hybridized carbons (Fsp3) is 0.476. The molecular weight excluding hydrogens is 385 g/mol. The average Bonchev–Trinajstić information content (AvgIpc) is 3.36. The molecule has 1 N–H and O–H groups in total. The van der Waals surface area contributed by atoms with Crippen molar-refractivity contribution < 1.29 is 9.18 Å². The van der Waals surface area contributed by atoms with Crippen molar-refractivity contribution in [1.29, 1.82) is 0 Å². The van der Waals surface area contributed by atoms with E-state index in [2.05, 4.69) is 51.2 Å². The summed E-state index contributed by atoms with van der Waals surface area (Å²) in [5.41, 5.74) is 1.31. The maximum absolute atomic E-state index is 13.5. The number of urea groups is 1. The lowest BCUT2D eigenvalue weighted by Gasteiger charge is -2.36. The zero-order valence-electron chi connectivity index (χ0n) is 17.3. The number of hydrogen-bond acceptors (Lipinski definition) is 6. The molecule has 2 fully saturated rings. The minimum Gasteiger partial charge on any atom is -0.366 e. The highest BCUT2D eigenvalue weighted by Crippen LogP contribution is 2.40. The van der Waals surface area contributed by atoms with Crippen LogP contribution in [0.2, 0.25) is 0 Å². The topological polar surface area (TPSA) is 67.8 Å². The van der Waals surface area contributed by atoms with Crippen molar-refractivity contribution in [2.24, 2.45) is 0 Å². The van der Waals surface area contributed by atoms with Gasteiger partial charge in [-0.05, 0) is 39.1 Å². The molecule has 30 heavy (non-hydrogen) atoms. The molecule has 0 unspecified atom stereocenters. The van der Waals surface area contributed by atoms with E-state index in [1.165, 1.54) is 12.3 Å². The molecule has 2 atom stereocenters. The first kappa shape index (κ1) is 19.0. The molecule has 3 aliphatic heterocycles. The Morgan fingerprint density at radius 3 is 2.77 bits per heavy atom. The molecule has 3 aliphatic rings. The maximum Gasteiger partial charge on any atom is 0.327 e. The van der Waals surface area contributed by atoms with Gasteiger partial charge in [-0.1, -0.05) is 0 Å². The number of rotatable bonds is 3. The van der Waals surface area contributed by atoms with E-state index in [0.29, 0.717) is 17.5 Å². The number of nitrogens with zero attached hydrogens (tertiary/aromatic N) is 6. The standard InChI is InChI=1S/C21H26FN7O/c1-26(2)16-5-8-28(12-16)19-4-3-18-20(25-19)29(17-6-7-27(18)13-17)21(30)24-15-9-14(22)10-23-11-15/h3-4,9-11,16-17H,5-8,12-13H2,1-2H3,(H,24,30)/t16-,17-/m0/s1. The summed E-state index contributed by atoms with van der Waals surface area (Å²) in [6.07, 6.45) is 4.54. The van der Waals surface area contributed by atoms with Crippen LogP contribution in [-0.4, -0.2) is 73.3 Å². The molecule has 2 saturated heterocycles. The predicted octanol–water partition coefficient (Wildman–Crippen LogP) is 2.39. The Morgan fingerprint density at radius 2 is 2.00 bits per heavy atom. The van der Waals surface area contributed by atoms with Crippen LogP contribution in [-0.2, 0) is 0 Å². The van der Waals surface area contributed by atoms with Gasteiger partial charge in [0, 0.05) is 38.3 Å². The lowest BCUT2D eigenvalue weighted by Crippen LogP contribution is -2.48. The highest BCUT2D eigenvalue weighted by molar-refractivity contribution is 6.04. The third-order valence-corrected chi connectivity index (χ3v) is 6.33. The van der Waals surface area contributed by atoms with Crippen LogP contribution in [0.5, 0.6) is 0 Å². The van der Waals surface area contributed by atoms with E-state index in [4.69, 9.17) is 4.98 Å². The van der Waals surface area contributed by atoms with Crippen molar-refractivity contribution in [3.63, 3.8) is 0 Å². The number of fused-ring (bicyclic) bond motifs is 4. The molecule has 0 saturated carbocycles. The van der Waals surface area contributed by atoms with E-state index < -0.39 is 5.82 Å². The van der Waals surface area contributed by atoms with Gasteiger partial charge in [-0.3, -0.25) is 9.88 Å². The summed E-state index contributed by atoms with van der Waals surface area (Å²) >= 11 is 0. The minimum atomic E-state index is -0.483. The van der Waals surface area contributed by atoms with Crippen LogP contribution in [0.1, 0.15) is 12.8 Å². The van der Waals surface area contributed by atoms with Gasteiger partial charge in [0.15, 0.2) is 5.82 Å². The fourth-order valence-corrected chi connectivity index (χ4v) is 4.67. The molecule has 0 spiro atoms. The molecule has 2 amide bonds. The van der Waals surface area contributed by atoms with E-state index in [1.807, 2.05) is 0 Å². The second-order valence-electron chi connectivity index (χ2n) is 8.44. The summed E-state index contributed by atoms with van der Waals surface area (Å²) in [5, 5.41) is 2.79. The smallest absolute Gasteiger partial charge is 0.327 e. The van der Waals surface area contributed by atoms with Crippen LogP contribution in [0.4, 0.5) is 32.2 Å². The van der Waals surface area contributed by atoms with Gasteiger partial charge in [0.1, 0.15) is 11.6 Å². The third kappa shape index (κ3) is 3.32. The van der Waals surface area contributed by atoms with Gasteiger partial charge in [-0.25, -0.2) is 14.2 Å². The molecule has 2 bridgehead atoms. The maximum atomic E-state index is 13.5. The summed E-state index contributed by atoms with van der Waals surface area (Å²) < 4.78 is 13.5. The number of carbonyl (C=O) groups excluding carboxylic acids is 1. The molecule has 5 heterocycles. The van der Waals surface area contributed by atoms with Crippen molar-refractivity contribution in [1.82, 2.24) is 14.9 Å². The first-order valence-corrected chi connectivity index (χ1v) is 10.4. The number of amides is 2. The number of pyridine rings is 2. The van der Waals surface area contributed by atoms with Crippen molar-refractivity contribution in [2.75, 3.05) is 60.3 Å². The van der Waals surface area contributed by atoms with Crippen molar-refractivity contribution in [3.05, 3.63) is 36.4 Å². The third-order valence-electron chi connectivity index (χ3n) is 6.33. The Hall–Kier alpha value is -2.94. The zero-order valence-corrected chi connectivity index (χ0v) is 17.3. The second-order valence-corrected chi connectivity index (χ2v) is 8.44. The number of aromatic nitrogens is 2. The highest BCUT2D eigenvalue weighted by atomic mass is 19.1. The van der Waals surface area contributed by atoms with Crippen LogP contribution in [0.3, 0.4) is 0 Å². The van der Waals surface area contributed by atoms with Crippen molar-refractivity contribution in [2.45, 2.75) is 24.9 Å². The Kier molecular flexibility index (Phi) is 4.69. The SMILES string of the molecule is CN(C)[C@H]1CCN(c2ccc3c(n2)N(C(=O)Nc2cncc(F)c2)[C@H]2CCN3C2)C1. The highest BCUT2D eigenvalue weighted by Gasteiger charge is 2.40. The number of halogens is 1. The summed E-state index contributed by atoms with van der Waals surface area (Å²) in [6.45, 7) is 3.56. The quantitative estimate of drug-likeness (QED) is 0.837. The summed E-state index contributed by atoms with van der Waals surface area (Å²) in [7, 11) is 4.21. The Morgan fingerprint density at radius 1 is 1.17 bits per heavy atom. The largest absolute Gasteiger partial charge is 0.366 e. The van der Waals surface area contributed by atoms with Gasteiger partial charge in [0.25, 0.3) is 0 Å². The molecule has 158 valence electrons. The monoisotopic (exact) mass is 411 g/mol. The Balaban J connectivity index is 1.44. The van der Waals surface area contributed by atoms with E-state index >= 15 is 0 Å². The van der Waals surface area contributed by atoms with Crippen LogP contribution in [0.25, 0.3) is 0 Å². The molecule has 5 rings (SSSR count). The lowest BCUT2D eigenvalue weighted by molar-refractivity contribution is 0.255. The number of hydrogen-bond donors (Lipinski definition) is 1. The molecule has 0 aromatic carbocycles. The predicted molar refractivity (Wildman–Crippen MR) is 115 cm³/mol. The van der Waals surface area contributed by atoms with Gasteiger partial charge in [-0.15, -0.1) is 0 Å². The van der Waals surface area contributed by atoms with Crippen LogP contribution >= 0.6 is 0 Å². The first-order chi connectivity index (χ1) is 14.5. The molecular formula is C21H26FN7O. The van der Waals surface area contributed by atoms with Crippen LogP contribution in [0.15, 0.2) is 30.6 Å². The van der Waals surface area contributed by atoms with Crippen LogP contribution in [0, 0.1) is 5.82 Å². The average molecular weight is 411 g/mol. The number of carbonyl (C=O) groups is 1. The van der Waals surface area contributed by atoms with E-state index in [-0.39, 0.29) is 12.1 Å². The molecule has 2 aromatic heterocycles. The second kappa shape index (κ2) is 7.39. The number of likely N-dealkylation sites (N-methyl/N-ethyl adjacent to an activating group) is 1. The Bertz CT molecular complexity index is 968. The van der Waals surface area contributed by atoms with Gasteiger partial charge >= 0.3 is 6.03 Å². The number of nitrogens with one attached hydrogen (secondary N) is 1. The van der Waals surface area contributed by atoms with Gasteiger partial charge in [0.2, 0.25) is 0 Å². The van der Waals surface area contributed by atoms with E-state index in [1.54, 1.807) is 4.90 Å². The van der Waals surface area contributed by atoms with Crippen molar-refractivity contribution >= 4 is 29.0 Å². The molecule has 9 heteroatoms. The lowest BCUT2D eigenvalue weighted by atomic mass is 10.2. The van der Waals surface area contributed by atoms with E-state index in [9.17, 15) is 9.18 Å². The van der Waals surface area contributed by atoms with Gasteiger partial charge in [0.05, 0.1) is 29.8 Å². The molecule has 2 aromatic rings. The molecule has 8 nitrogen and oxygen atoms in total. The first-order valence-electron chi connectivity index (χ1n) is 10.4. The molecule has 0 aliphatic carbocycles. The summed E-state index contributed by atoms with van der Waals surface area (Å²) in [6, 6.07) is 5.66. The normalized spacial score (nSPS) is 22.6. The summed E-state index contributed by atoms with van der Waals surface area (Å²) in [4.78, 5) is 30.5. The number of anilines is 4. The Labute approximate surface area is 175 Å².